The second-order valence-corrected chi connectivity index (χ2v) is 5.53. The van der Waals surface area contributed by atoms with E-state index < -0.39 is 0 Å². The molecular weight excluding hydrogens is 323 g/mol. The zero-order valence-electron chi connectivity index (χ0n) is 13.4. The molecule has 1 amide bonds. The third-order valence-corrected chi connectivity index (χ3v) is 3.64. The normalized spacial score (nSPS) is 10.6. The van der Waals surface area contributed by atoms with Crippen LogP contribution in [-0.2, 0) is 17.8 Å². The van der Waals surface area contributed by atoms with E-state index in [4.69, 9.17) is 9.52 Å². The van der Waals surface area contributed by atoms with Gasteiger partial charge in [0, 0.05) is 24.1 Å². The number of hydrogen-bond donors (Lipinski definition) is 2. The topological polar surface area (TPSA) is 75.4 Å². The number of nitrogens with zero attached hydrogens (tertiary/aromatic N) is 1. The molecule has 2 aromatic carbocycles. The molecule has 0 atom stereocenters. The number of benzene rings is 2. The first-order valence-corrected chi connectivity index (χ1v) is 7.84. The number of aromatic nitrogens is 1. The van der Waals surface area contributed by atoms with Gasteiger partial charge in [0.1, 0.15) is 5.82 Å². The summed E-state index contributed by atoms with van der Waals surface area (Å²) in [6.07, 6.45) is 2.13. The molecule has 0 radical (unpaired) electrons. The molecule has 128 valence electrons. The predicted molar refractivity (Wildman–Crippen MR) is 91.2 cm³/mol. The van der Waals surface area contributed by atoms with Crippen molar-refractivity contribution in [3.8, 4) is 11.3 Å². The number of carbonyl (C=O) groups is 1. The summed E-state index contributed by atoms with van der Waals surface area (Å²) >= 11 is 0. The van der Waals surface area contributed by atoms with Crippen LogP contribution in [0.25, 0.3) is 11.3 Å². The Balaban J connectivity index is 1.56. The molecule has 3 aromatic rings. The van der Waals surface area contributed by atoms with E-state index >= 15 is 0 Å². The molecule has 0 bridgehead atoms. The van der Waals surface area contributed by atoms with E-state index in [0.29, 0.717) is 23.8 Å². The zero-order chi connectivity index (χ0) is 17.6. The van der Waals surface area contributed by atoms with Crippen LogP contribution >= 0.6 is 0 Å². The number of nitrogens with one attached hydrogen (secondary N) is 1. The Hall–Kier alpha value is -2.99. The highest BCUT2D eigenvalue weighted by atomic mass is 19.1. The monoisotopic (exact) mass is 340 g/mol. The molecule has 1 aromatic heterocycles. The molecule has 0 spiro atoms. The fourth-order valence-corrected chi connectivity index (χ4v) is 2.36. The van der Waals surface area contributed by atoms with Crippen molar-refractivity contribution in [3.63, 3.8) is 0 Å². The maximum atomic E-state index is 12.9. The van der Waals surface area contributed by atoms with Gasteiger partial charge < -0.3 is 14.8 Å². The van der Waals surface area contributed by atoms with Crippen molar-refractivity contribution in [3.05, 3.63) is 72.0 Å². The summed E-state index contributed by atoms with van der Waals surface area (Å²) in [5.41, 5.74) is 2.09. The number of aliphatic hydroxyl groups is 1. The summed E-state index contributed by atoms with van der Waals surface area (Å²) in [5, 5.41) is 11.9. The van der Waals surface area contributed by atoms with Crippen LogP contribution in [0, 0.1) is 5.82 Å². The molecule has 25 heavy (non-hydrogen) atoms. The van der Waals surface area contributed by atoms with Gasteiger partial charge in [0.25, 0.3) is 0 Å². The molecule has 0 fully saturated rings. The van der Waals surface area contributed by atoms with Crippen molar-refractivity contribution in [2.45, 2.75) is 19.4 Å². The zero-order valence-corrected chi connectivity index (χ0v) is 13.4. The Labute approximate surface area is 144 Å². The number of hydrogen-bond acceptors (Lipinski definition) is 4. The highest BCUT2D eigenvalue weighted by molar-refractivity contribution is 5.90. The minimum atomic E-state index is -0.314. The maximum Gasteiger partial charge on any atom is 0.224 e. The summed E-state index contributed by atoms with van der Waals surface area (Å²) < 4.78 is 18.5. The number of aryl methyl sites for hydroxylation is 1. The number of aliphatic hydroxyl groups excluding tert-OH is 1. The molecule has 6 heteroatoms. The lowest BCUT2D eigenvalue weighted by molar-refractivity contribution is -0.116. The quantitative estimate of drug-likeness (QED) is 0.720. The number of carbonyl (C=O) groups excluding carboxylic acids is 1. The summed E-state index contributed by atoms with van der Waals surface area (Å²) in [6.45, 7) is -0.0772. The van der Waals surface area contributed by atoms with Gasteiger partial charge in [-0.05, 0) is 42.0 Å². The Morgan fingerprint density at radius 2 is 2.00 bits per heavy atom. The molecule has 2 N–H and O–H groups in total. The fraction of sp³-hybridized carbons (Fsp3) is 0.158. The molecule has 0 aliphatic heterocycles. The van der Waals surface area contributed by atoms with E-state index in [-0.39, 0.29) is 24.8 Å². The smallest absolute Gasteiger partial charge is 0.224 e. The molecule has 0 aliphatic rings. The number of oxazole rings is 1. The summed E-state index contributed by atoms with van der Waals surface area (Å²) in [6, 6.07) is 13.0. The van der Waals surface area contributed by atoms with Gasteiger partial charge in [0.15, 0.2) is 11.7 Å². The lowest BCUT2D eigenvalue weighted by atomic mass is 10.2. The molecule has 0 saturated heterocycles. The highest BCUT2D eigenvalue weighted by Gasteiger charge is 2.09. The second kappa shape index (κ2) is 7.72. The first-order chi connectivity index (χ1) is 12.1. The van der Waals surface area contributed by atoms with Crippen molar-refractivity contribution in [1.82, 2.24) is 4.98 Å². The maximum absolute atomic E-state index is 12.9. The van der Waals surface area contributed by atoms with E-state index in [2.05, 4.69) is 10.3 Å². The lowest BCUT2D eigenvalue weighted by Crippen LogP contribution is -2.12. The fourth-order valence-electron chi connectivity index (χ4n) is 2.36. The van der Waals surface area contributed by atoms with Crippen molar-refractivity contribution in [2.24, 2.45) is 0 Å². The Bertz CT molecular complexity index is 859. The van der Waals surface area contributed by atoms with Gasteiger partial charge in [-0.1, -0.05) is 12.1 Å². The first-order valence-electron chi connectivity index (χ1n) is 7.84. The predicted octanol–water partition coefficient (Wildman–Crippen LogP) is 3.54. The third-order valence-electron chi connectivity index (χ3n) is 3.64. The largest absolute Gasteiger partial charge is 0.441 e. The molecule has 0 saturated carbocycles. The summed E-state index contributed by atoms with van der Waals surface area (Å²) in [4.78, 5) is 16.2. The summed E-state index contributed by atoms with van der Waals surface area (Å²) in [7, 11) is 0. The molecule has 0 unspecified atom stereocenters. The number of amides is 1. The SMILES string of the molecule is O=C(CCc1ncc(-c2ccc(F)cc2)o1)Nc1cccc(CO)c1. The van der Waals surface area contributed by atoms with E-state index in [0.717, 1.165) is 11.1 Å². The highest BCUT2D eigenvalue weighted by Crippen LogP contribution is 2.21. The molecule has 3 rings (SSSR count). The van der Waals surface area contributed by atoms with Crippen LogP contribution in [-0.4, -0.2) is 16.0 Å². The van der Waals surface area contributed by atoms with Crippen molar-refractivity contribution >= 4 is 11.6 Å². The van der Waals surface area contributed by atoms with Gasteiger partial charge in [-0.3, -0.25) is 4.79 Å². The Morgan fingerprint density at radius 1 is 1.20 bits per heavy atom. The van der Waals surface area contributed by atoms with Crippen LogP contribution in [0.5, 0.6) is 0 Å². The third kappa shape index (κ3) is 4.51. The average Bonchev–Trinajstić information content (AvgIpc) is 3.10. The number of halogens is 1. The van der Waals surface area contributed by atoms with E-state index in [9.17, 15) is 9.18 Å². The van der Waals surface area contributed by atoms with Crippen molar-refractivity contribution in [2.75, 3.05) is 5.32 Å². The average molecular weight is 340 g/mol. The van der Waals surface area contributed by atoms with Crippen LogP contribution in [0.1, 0.15) is 17.9 Å². The standard InChI is InChI=1S/C19H17FN2O3/c20-15-6-4-14(5-7-15)17-11-21-19(25-17)9-8-18(24)22-16-3-1-2-13(10-16)12-23/h1-7,10-11,23H,8-9,12H2,(H,22,24). The van der Waals surface area contributed by atoms with E-state index in [1.165, 1.54) is 12.1 Å². The van der Waals surface area contributed by atoms with Crippen LogP contribution < -0.4 is 5.32 Å². The molecular formula is C19H17FN2O3. The molecule has 1 heterocycles. The number of anilines is 1. The van der Waals surface area contributed by atoms with Crippen LogP contribution in [0.3, 0.4) is 0 Å². The van der Waals surface area contributed by atoms with Gasteiger partial charge in [-0.2, -0.15) is 0 Å². The van der Waals surface area contributed by atoms with Crippen molar-refractivity contribution < 1.29 is 18.7 Å². The minimum absolute atomic E-state index is 0.0772. The van der Waals surface area contributed by atoms with E-state index in [1.807, 2.05) is 0 Å². The number of rotatable bonds is 6. The van der Waals surface area contributed by atoms with Crippen LogP contribution in [0.2, 0.25) is 0 Å². The van der Waals surface area contributed by atoms with Gasteiger partial charge in [-0.25, -0.2) is 9.37 Å². The molecule has 5 nitrogen and oxygen atoms in total. The van der Waals surface area contributed by atoms with Gasteiger partial charge in [0.2, 0.25) is 5.91 Å². The lowest BCUT2D eigenvalue weighted by Gasteiger charge is -2.05. The Kier molecular flexibility index (Phi) is 5.20. The Morgan fingerprint density at radius 3 is 2.76 bits per heavy atom. The summed E-state index contributed by atoms with van der Waals surface area (Å²) in [5.74, 6) is 0.492. The van der Waals surface area contributed by atoms with Gasteiger partial charge in [0.05, 0.1) is 12.8 Å². The van der Waals surface area contributed by atoms with Gasteiger partial charge >= 0.3 is 0 Å². The van der Waals surface area contributed by atoms with Gasteiger partial charge in [-0.15, -0.1) is 0 Å². The first kappa shape index (κ1) is 16.9. The van der Waals surface area contributed by atoms with Crippen molar-refractivity contribution in [1.29, 1.82) is 0 Å². The second-order valence-electron chi connectivity index (χ2n) is 5.53. The van der Waals surface area contributed by atoms with E-state index in [1.54, 1.807) is 42.6 Å². The molecule has 0 aliphatic carbocycles. The van der Waals surface area contributed by atoms with Crippen LogP contribution in [0.15, 0.2) is 59.1 Å². The minimum Gasteiger partial charge on any atom is -0.441 e. The van der Waals surface area contributed by atoms with Crippen LogP contribution in [0.4, 0.5) is 10.1 Å².